The molecule has 9 heteroatoms. The van der Waals surface area contributed by atoms with Gasteiger partial charge in [0.05, 0.1) is 11.0 Å². The van der Waals surface area contributed by atoms with Crippen LogP contribution in [-0.4, -0.2) is 88.0 Å². The Morgan fingerprint density at radius 3 is 2.56 bits per heavy atom. The summed E-state index contributed by atoms with van der Waals surface area (Å²) in [7, 11) is -0.671. The van der Waals surface area contributed by atoms with Crippen molar-refractivity contribution in [3.8, 4) is 0 Å². The van der Waals surface area contributed by atoms with Crippen LogP contribution in [0.1, 0.15) is 23.2 Å². The zero-order valence-electron chi connectivity index (χ0n) is 15.7. The number of benzene rings is 1. The van der Waals surface area contributed by atoms with Crippen molar-refractivity contribution < 1.29 is 17.9 Å². The van der Waals surface area contributed by atoms with Gasteiger partial charge in [0.1, 0.15) is 0 Å². The van der Waals surface area contributed by atoms with Crippen molar-refractivity contribution in [1.82, 2.24) is 14.1 Å². The van der Waals surface area contributed by atoms with E-state index in [1.807, 2.05) is 0 Å². The molecular formula is C18H26BrN3O4S. The van der Waals surface area contributed by atoms with Gasteiger partial charge >= 0.3 is 0 Å². The highest BCUT2D eigenvalue weighted by molar-refractivity contribution is 9.10. The standard InChI is InChI=1S/C18H26BrN3O4S/c1-20(2)27(24,25)17-12-14(5-6-16(17)19)18(23)22-9-7-21(8-10-22)13-15-4-3-11-26-15/h5-6,12,15H,3-4,7-11,13H2,1-2H3. The summed E-state index contributed by atoms with van der Waals surface area (Å²) in [6.07, 6.45) is 2.56. The lowest BCUT2D eigenvalue weighted by molar-refractivity contribution is 0.0432. The summed E-state index contributed by atoms with van der Waals surface area (Å²) in [6.45, 7) is 4.67. The lowest BCUT2D eigenvalue weighted by Crippen LogP contribution is -2.50. The molecule has 7 nitrogen and oxygen atoms in total. The second kappa shape index (κ2) is 8.57. The van der Waals surface area contributed by atoms with Crippen LogP contribution in [0.2, 0.25) is 0 Å². The van der Waals surface area contributed by atoms with Gasteiger partial charge in [-0.1, -0.05) is 0 Å². The van der Waals surface area contributed by atoms with Gasteiger partial charge in [-0.15, -0.1) is 0 Å². The molecule has 1 atom stereocenters. The number of amides is 1. The second-order valence-electron chi connectivity index (χ2n) is 7.16. The van der Waals surface area contributed by atoms with Crippen molar-refractivity contribution in [2.24, 2.45) is 0 Å². The Bertz CT molecular complexity index is 786. The number of ether oxygens (including phenoxy) is 1. The Morgan fingerprint density at radius 2 is 1.96 bits per heavy atom. The first-order valence-corrected chi connectivity index (χ1v) is 11.4. The number of nitrogens with zero attached hydrogens (tertiary/aromatic N) is 3. The largest absolute Gasteiger partial charge is 0.377 e. The number of carbonyl (C=O) groups is 1. The summed E-state index contributed by atoms with van der Waals surface area (Å²) < 4.78 is 32.2. The predicted molar refractivity (Wildman–Crippen MR) is 106 cm³/mol. The van der Waals surface area contributed by atoms with Gasteiger partial charge in [-0.25, -0.2) is 12.7 Å². The van der Waals surface area contributed by atoms with Crippen LogP contribution in [0, 0.1) is 0 Å². The number of rotatable bonds is 5. The van der Waals surface area contributed by atoms with Crippen molar-refractivity contribution in [2.45, 2.75) is 23.8 Å². The molecule has 1 unspecified atom stereocenters. The van der Waals surface area contributed by atoms with Gasteiger partial charge in [-0.2, -0.15) is 0 Å². The van der Waals surface area contributed by atoms with E-state index in [2.05, 4.69) is 20.8 Å². The zero-order chi connectivity index (χ0) is 19.6. The van der Waals surface area contributed by atoms with E-state index in [0.717, 1.165) is 43.4 Å². The van der Waals surface area contributed by atoms with E-state index in [4.69, 9.17) is 4.74 Å². The van der Waals surface area contributed by atoms with Crippen LogP contribution in [-0.2, 0) is 14.8 Å². The molecule has 0 aromatic heterocycles. The highest BCUT2D eigenvalue weighted by atomic mass is 79.9. The van der Waals surface area contributed by atoms with Crippen LogP contribution in [0.25, 0.3) is 0 Å². The molecule has 0 aliphatic carbocycles. The maximum absolute atomic E-state index is 12.9. The van der Waals surface area contributed by atoms with Crippen LogP contribution in [0.5, 0.6) is 0 Å². The number of piperazine rings is 1. The number of sulfonamides is 1. The van der Waals surface area contributed by atoms with Gasteiger partial charge in [0, 0.05) is 63.5 Å². The van der Waals surface area contributed by atoms with Crippen LogP contribution >= 0.6 is 15.9 Å². The molecule has 2 aliphatic rings. The fourth-order valence-electron chi connectivity index (χ4n) is 3.42. The molecule has 0 N–H and O–H groups in total. The van der Waals surface area contributed by atoms with Crippen molar-refractivity contribution >= 4 is 31.9 Å². The number of hydrogen-bond acceptors (Lipinski definition) is 5. The van der Waals surface area contributed by atoms with Crippen molar-refractivity contribution in [1.29, 1.82) is 0 Å². The summed E-state index contributed by atoms with van der Waals surface area (Å²) >= 11 is 3.28. The number of hydrogen-bond donors (Lipinski definition) is 0. The molecule has 0 radical (unpaired) electrons. The molecule has 150 valence electrons. The van der Waals surface area contributed by atoms with Crippen molar-refractivity contribution in [2.75, 3.05) is 53.4 Å². The molecule has 2 aliphatic heterocycles. The predicted octanol–water partition coefficient (Wildman–Crippen LogP) is 1.64. The summed E-state index contributed by atoms with van der Waals surface area (Å²) in [5.41, 5.74) is 0.395. The molecular weight excluding hydrogens is 434 g/mol. The normalized spacial score (nSPS) is 21.8. The third kappa shape index (κ3) is 4.71. The van der Waals surface area contributed by atoms with Gasteiger partial charge < -0.3 is 9.64 Å². The van der Waals surface area contributed by atoms with Gasteiger partial charge in [0.25, 0.3) is 5.91 Å². The Labute approximate surface area is 169 Å². The third-order valence-electron chi connectivity index (χ3n) is 5.08. The highest BCUT2D eigenvalue weighted by Crippen LogP contribution is 2.26. The molecule has 1 amide bonds. The molecule has 2 fully saturated rings. The molecule has 0 bridgehead atoms. The summed E-state index contributed by atoms with van der Waals surface area (Å²) in [5, 5.41) is 0. The Balaban J connectivity index is 1.66. The van der Waals surface area contributed by atoms with Gasteiger partial charge in [-0.05, 0) is 47.0 Å². The molecule has 1 aromatic rings. The topological polar surface area (TPSA) is 70.2 Å². The Kier molecular flexibility index (Phi) is 6.58. The molecule has 2 saturated heterocycles. The van der Waals surface area contributed by atoms with E-state index in [1.54, 1.807) is 17.0 Å². The minimum atomic E-state index is -3.62. The number of carbonyl (C=O) groups excluding carboxylic acids is 1. The fourth-order valence-corrected chi connectivity index (χ4v) is 5.27. The molecule has 2 heterocycles. The van der Waals surface area contributed by atoms with Crippen LogP contribution in [0.3, 0.4) is 0 Å². The Morgan fingerprint density at radius 1 is 1.26 bits per heavy atom. The average molecular weight is 460 g/mol. The molecule has 1 aromatic carbocycles. The monoisotopic (exact) mass is 459 g/mol. The quantitative estimate of drug-likeness (QED) is 0.669. The van der Waals surface area contributed by atoms with E-state index < -0.39 is 10.0 Å². The highest BCUT2D eigenvalue weighted by Gasteiger charge is 2.27. The summed E-state index contributed by atoms with van der Waals surface area (Å²) in [5.74, 6) is -0.130. The minimum Gasteiger partial charge on any atom is -0.377 e. The SMILES string of the molecule is CN(C)S(=O)(=O)c1cc(C(=O)N2CCN(CC3CCCO3)CC2)ccc1Br. The first-order chi connectivity index (χ1) is 12.8. The zero-order valence-corrected chi connectivity index (χ0v) is 18.1. The van der Waals surface area contributed by atoms with Gasteiger partial charge in [-0.3, -0.25) is 9.69 Å². The second-order valence-corrected chi connectivity index (χ2v) is 10.1. The summed E-state index contributed by atoms with van der Waals surface area (Å²) in [4.78, 5) is 17.1. The molecule has 0 spiro atoms. The lowest BCUT2D eigenvalue weighted by Gasteiger charge is -2.35. The van der Waals surface area contributed by atoms with E-state index in [0.29, 0.717) is 29.2 Å². The molecule has 27 heavy (non-hydrogen) atoms. The van der Waals surface area contributed by atoms with Crippen molar-refractivity contribution in [3.05, 3.63) is 28.2 Å². The van der Waals surface area contributed by atoms with Crippen molar-refractivity contribution in [3.63, 3.8) is 0 Å². The maximum atomic E-state index is 12.9. The van der Waals surface area contributed by atoms with E-state index in [9.17, 15) is 13.2 Å². The van der Waals surface area contributed by atoms with Crippen LogP contribution in [0.15, 0.2) is 27.6 Å². The van der Waals surface area contributed by atoms with E-state index in [-0.39, 0.29) is 10.8 Å². The Hall–Kier alpha value is -1.00. The number of halogens is 1. The smallest absolute Gasteiger partial charge is 0.253 e. The molecule has 0 saturated carbocycles. The third-order valence-corrected chi connectivity index (χ3v) is 7.89. The summed E-state index contributed by atoms with van der Waals surface area (Å²) in [6, 6.07) is 4.75. The average Bonchev–Trinajstić information content (AvgIpc) is 3.15. The first-order valence-electron chi connectivity index (χ1n) is 9.14. The lowest BCUT2D eigenvalue weighted by atomic mass is 10.1. The van der Waals surface area contributed by atoms with E-state index in [1.165, 1.54) is 20.2 Å². The van der Waals surface area contributed by atoms with Gasteiger partial charge in [0.2, 0.25) is 10.0 Å². The van der Waals surface area contributed by atoms with Crippen LogP contribution in [0.4, 0.5) is 0 Å². The minimum absolute atomic E-state index is 0.107. The fraction of sp³-hybridized carbons (Fsp3) is 0.611. The first kappa shape index (κ1) is 20.7. The van der Waals surface area contributed by atoms with E-state index >= 15 is 0 Å². The maximum Gasteiger partial charge on any atom is 0.253 e. The molecule has 3 rings (SSSR count). The van der Waals surface area contributed by atoms with Crippen LogP contribution < -0.4 is 0 Å². The van der Waals surface area contributed by atoms with Gasteiger partial charge in [0.15, 0.2) is 0 Å².